The highest BCUT2D eigenvalue weighted by Crippen LogP contribution is 2.11. The van der Waals surface area contributed by atoms with Crippen molar-refractivity contribution in [2.75, 3.05) is 19.0 Å². The minimum Gasteiger partial charge on any atom is -0.383 e. The molecule has 0 aliphatic heterocycles. The van der Waals surface area contributed by atoms with Crippen molar-refractivity contribution in [1.82, 2.24) is 5.32 Å². The van der Waals surface area contributed by atoms with Gasteiger partial charge in [-0.25, -0.2) is 0 Å². The fraction of sp³-hybridized carbons (Fsp3) is 0.385. The third-order valence-electron chi connectivity index (χ3n) is 2.32. The van der Waals surface area contributed by atoms with Crippen molar-refractivity contribution >= 4 is 28.8 Å². The number of hydrogen-bond donors (Lipinski definition) is 2. The van der Waals surface area contributed by atoms with Gasteiger partial charge in [-0.1, -0.05) is 12.1 Å². The van der Waals surface area contributed by atoms with Gasteiger partial charge in [0, 0.05) is 24.4 Å². The predicted molar refractivity (Wildman–Crippen MR) is 77.1 cm³/mol. The number of ketones is 1. The number of rotatable bonds is 5. The van der Waals surface area contributed by atoms with Crippen LogP contribution in [0.3, 0.4) is 0 Å². The Balaban J connectivity index is 2.59. The Morgan fingerprint density at radius 2 is 2.22 bits per heavy atom. The molecular formula is C13H18N2O2S. The van der Waals surface area contributed by atoms with E-state index in [1.807, 2.05) is 19.1 Å². The maximum Gasteiger partial charge on any atom is 0.171 e. The molecule has 18 heavy (non-hydrogen) atoms. The van der Waals surface area contributed by atoms with Crippen LogP contribution in [0.4, 0.5) is 5.69 Å². The molecule has 0 saturated carbocycles. The second-order valence-electron chi connectivity index (χ2n) is 4.09. The Labute approximate surface area is 113 Å². The van der Waals surface area contributed by atoms with Gasteiger partial charge in [-0.15, -0.1) is 0 Å². The van der Waals surface area contributed by atoms with Crippen LogP contribution in [0.1, 0.15) is 24.2 Å². The highest BCUT2D eigenvalue weighted by molar-refractivity contribution is 7.80. The minimum absolute atomic E-state index is 0.0327. The van der Waals surface area contributed by atoms with Gasteiger partial charge in [0.25, 0.3) is 0 Å². The van der Waals surface area contributed by atoms with Crippen LogP contribution in [0.2, 0.25) is 0 Å². The lowest BCUT2D eigenvalue weighted by Gasteiger charge is -2.16. The van der Waals surface area contributed by atoms with Crippen molar-refractivity contribution in [2.24, 2.45) is 0 Å². The monoisotopic (exact) mass is 266 g/mol. The molecule has 0 bridgehead atoms. The highest BCUT2D eigenvalue weighted by atomic mass is 32.1. The minimum atomic E-state index is 0.0327. The lowest BCUT2D eigenvalue weighted by Crippen LogP contribution is -2.38. The average molecular weight is 266 g/mol. The normalized spacial score (nSPS) is 11.7. The number of hydrogen-bond acceptors (Lipinski definition) is 3. The summed E-state index contributed by atoms with van der Waals surface area (Å²) in [5.41, 5.74) is 1.46. The van der Waals surface area contributed by atoms with Crippen molar-refractivity contribution in [2.45, 2.75) is 19.9 Å². The summed E-state index contributed by atoms with van der Waals surface area (Å²) in [5.74, 6) is 0.0327. The van der Waals surface area contributed by atoms with Crippen LogP contribution >= 0.6 is 12.2 Å². The van der Waals surface area contributed by atoms with Gasteiger partial charge >= 0.3 is 0 Å². The number of methoxy groups -OCH3 is 1. The number of anilines is 1. The molecule has 0 amide bonds. The van der Waals surface area contributed by atoms with Gasteiger partial charge in [0.2, 0.25) is 0 Å². The number of Topliss-reactive ketones (excluding diaryl/α,β-unsaturated/α-hetero) is 1. The fourth-order valence-electron chi connectivity index (χ4n) is 1.50. The van der Waals surface area contributed by atoms with Gasteiger partial charge in [0.15, 0.2) is 10.9 Å². The Hall–Kier alpha value is -1.46. The molecule has 0 aliphatic rings. The summed E-state index contributed by atoms with van der Waals surface area (Å²) in [4.78, 5) is 11.3. The number of benzene rings is 1. The highest BCUT2D eigenvalue weighted by Gasteiger charge is 2.05. The van der Waals surface area contributed by atoms with Crippen LogP contribution in [0.5, 0.6) is 0 Å². The maximum atomic E-state index is 11.3. The van der Waals surface area contributed by atoms with Gasteiger partial charge in [-0.05, 0) is 38.2 Å². The van der Waals surface area contributed by atoms with Crippen LogP contribution in [0.15, 0.2) is 24.3 Å². The standard InChI is InChI=1S/C13H18N2O2S/c1-9(8-17-3)14-13(18)15-12-6-4-5-11(7-12)10(2)16/h4-7,9H,8H2,1-3H3,(H2,14,15,18). The first kappa shape index (κ1) is 14.6. The molecule has 0 saturated heterocycles. The molecule has 5 heteroatoms. The van der Waals surface area contributed by atoms with Gasteiger partial charge < -0.3 is 15.4 Å². The second-order valence-corrected chi connectivity index (χ2v) is 4.50. The molecule has 1 unspecified atom stereocenters. The van der Waals surface area contributed by atoms with Crippen molar-refractivity contribution in [3.8, 4) is 0 Å². The third-order valence-corrected chi connectivity index (χ3v) is 2.54. The molecule has 0 spiro atoms. The first-order chi connectivity index (χ1) is 8.52. The van der Waals surface area contributed by atoms with Gasteiger partial charge in [0.1, 0.15) is 0 Å². The topological polar surface area (TPSA) is 50.4 Å². The molecule has 4 nitrogen and oxygen atoms in total. The molecule has 1 atom stereocenters. The van der Waals surface area contributed by atoms with E-state index in [0.717, 1.165) is 5.69 Å². The lowest BCUT2D eigenvalue weighted by atomic mass is 10.1. The van der Waals surface area contributed by atoms with Crippen molar-refractivity contribution < 1.29 is 9.53 Å². The summed E-state index contributed by atoms with van der Waals surface area (Å²) < 4.78 is 5.01. The summed E-state index contributed by atoms with van der Waals surface area (Å²) >= 11 is 5.17. The number of thiocarbonyl (C=S) groups is 1. The molecule has 1 rings (SSSR count). The van der Waals surface area contributed by atoms with E-state index in [1.165, 1.54) is 6.92 Å². The van der Waals surface area contributed by atoms with Crippen LogP contribution in [-0.2, 0) is 4.74 Å². The zero-order valence-corrected chi connectivity index (χ0v) is 11.6. The smallest absolute Gasteiger partial charge is 0.171 e. The third kappa shape index (κ3) is 4.81. The molecule has 1 aromatic carbocycles. The first-order valence-corrected chi connectivity index (χ1v) is 6.11. The zero-order chi connectivity index (χ0) is 13.5. The second kappa shape index (κ2) is 7.08. The molecule has 0 heterocycles. The summed E-state index contributed by atoms with van der Waals surface area (Å²) in [5, 5.41) is 6.64. The maximum absolute atomic E-state index is 11.3. The van der Waals surface area contributed by atoms with E-state index in [4.69, 9.17) is 17.0 Å². The fourth-order valence-corrected chi connectivity index (χ4v) is 1.82. The molecule has 0 aliphatic carbocycles. The number of nitrogens with one attached hydrogen (secondary N) is 2. The van der Waals surface area contributed by atoms with E-state index >= 15 is 0 Å². The predicted octanol–water partition coefficient (Wildman–Crippen LogP) is 2.21. The quantitative estimate of drug-likeness (QED) is 0.632. The molecule has 0 radical (unpaired) electrons. The number of ether oxygens (including phenoxy) is 1. The molecule has 1 aromatic rings. The summed E-state index contributed by atoms with van der Waals surface area (Å²) in [7, 11) is 1.64. The van der Waals surface area contributed by atoms with E-state index in [-0.39, 0.29) is 11.8 Å². The number of carbonyl (C=O) groups is 1. The van der Waals surface area contributed by atoms with Gasteiger partial charge in [-0.2, -0.15) is 0 Å². The van der Waals surface area contributed by atoms with Crippen LogP contribution < -0.4 is 10.6 Å². The summed E-state index contributed by atoms with van der Waals surface area (Å²) in [6.45, 7) is 4.09. The summed E-state index contributed by atoms with van der Waals surface area (Å²) in [6, 6.07) is 7.36. The van der Waals surface area contributed by atoms with E-state index in [0.29, 0.717) is 17.3 Å². The van der Waals surface area contributed by atoms with Gasteiger partial charge in [-0.3, -0.25) is 4.79 Å². The largest absolute Gasteiger partial charge is 0.383 e. The van der Waals surface area contributed by atoms with Crippen LogP contribution in [-0.4, -0.2) is 30.7 Å². The molecule has 0 aromatic heterocycles. The van der Waals surface area contributed by atoms with Crippen molar-refractivity contribution in [3.63, 3.8) is 0 Å². The molecular weight excluding hydrogens is 248 g/mol. The van der Waals surface area contributed by atoms with E-state index in [9.17, 15) is 4.79 Å². The van der Waals surface area contributed by atoms with Crippen molar-refractivity contribution in [3.05, 3.63) is 29.8 Å². The number of carbonyl (C=O) groups excluding carboxylic acids is 1. The Kier molecular flexibility index (Phi) is 5.74. The summed E-state index contributed by atoms with van der Waals surface area (Å²) in [6.07, 6.45) is 0. The van der Waals surface area contributed by atoms with Crippen molar-refractivity contribution in [1.29, 1.82) is 0 Å². The first-order valence-electron chi connectivity index (χ1n) is 5.70. The Morgan fingerprint density at radius 1 is 1.50 bits per heavy atom. The zero-order valence-electron chi connectivity index (χ0n) is 10.8. The lowest BCUT2D eigenvalue weighted by molar-refractivity contribution is 0.101. The average Bonchev–Trinajstić information content (AvgIpc) is 2.29. The SMILES string of the molecule is COCC(C)NC(=S)Nc1cccc(C(C)=O)c1. The van der Waals surface area contributed by atoms with E-state index in [2.05, 4.69) is 10.6 Å². The van der Waals surface area contributed by atoms with E-state index in [1.54, 1.807) is 19.2 Å². The van der Waals surface area contributed by atoms with Crippen LogP contribution in [0, 0.1) is 0 Å². The van der Waals surface area contributed by atoms with E-state index < -0.39 is 0 Å². The van der Waals surface area contributed by atoms with Crippen LogP contribution in [0.25, 0.3) is 0 Å². The molecule has 0 fully saturated rings. The molecule has 98 valence electrons. The molecule has 2 N–H and O–H groups in total. The Morgan fingerprint density at radius 3 is 2.83 bits per heavy atom. The van der Waals surface area contributed by atoms with Gasteiger partial charge in [0.05, 0.1) is 6.61 Å². The Bertz CT molecular complexity index is 435.